The van der Waals surface area contributed by atoms with E-state index in [9.17, 15) is 4.79 Å². The molecule has 0 bridgehead atoms. The number of piperidine rings is 1. The third-order valence-corrected chi connectivity index (χ3v) is 4.07. The fraction of sp³-hybridized carbons (Fsp3) is 0.353. The molecule has 22 heavy (non-hydrogen) atoms. The van der Waals surface area contributed by atoms with Gasteiger partial charge >= 0.3 is 0 Å². The van der Waals surface area contributed by atoms with Crippen LogP contribution in [0.1, 0.15) is 30.3 Å². The van der Waals surface area contributed by atoms with E-state index >= 15 is 0 Å². The summed E-state index contributed by atoms with van der Waals surface area (Å²) in [5, 5.41) is 2.84. The van der Waals surface area contributed by atoms with E-state index in [0.717, 1.165) is 24.7 Å². The first-order valence-corrected chi connectivity index (χ1v) is 7.65. The van der Waals surface area contributed by atoms with Crippen molar-refractivity contribution in [3.05, 3.63) is 48.5 Å². The maximum Gasteiger partial charge on any atom is 0.275 e. The normalized spacial score (nSPS) is 15.6. The highest BCUT2D eigenvalue weighted by molar-refractivity contribution is 6.02. The Kier molecular flexibility index (Phi) is 4.32. The van der Waals surface area contributed by atoms with Crippen LogP contribution in [0.25, 0.3) is 0 Å². The van der Waals surface area contributed by atoms with Crippen LogP contribution in [0.2, 0.25) is 0 Å². The van der Waals surface area contributed by atoms with Crippen molar-refractivity contribution in [1.82, 2.24) is 9.97 Å². The van der Waals surface area contributed by atoms with Crippen molar-refractivity contribution in [1.29, 1.82) is 0 Å². The van der Waals surface area contributed by atoms with Crippen LogP contribution in [0.3, 0.4) is 0 Å². The summed E-state index contributed by atoms with van der Waals surface area (Å²) in [6.45, 7) is 4.52. The molecule has 114 valence electrons. The SMILES string of the molecule is CC1CCN(c2ccc(NC(=O)c3cnccn3)cc2)CC1. The maximum absolute atomic E-state index is 12.0. The molecule has 1 aliphatic rings. The van der Waals surface area contributed by atoms with Gasteiger partial charge in [-0.1, -0.05) is 6.92 Å². The van der Waals surface area contributed by atoms with Gasteiger partial charge in [-0.05, 0) is 43.0 Å². The van der Waals surface area contributed by atoms with Gasteiger partial charge in [-0.15, -0.1) is 0 Å². The molecule has 1 aromatic carbocycles. The third kappa shape index (κ3) is 3.42. The van der Waals surface area contributed by atoms with Crippen LogP contribution in [0, 0.1) is 5.92 Å². The van der Waals surface area contributed by atoms with Crippen molar-refractivity contribution in [3.63, 3.8) is 0 Å². The van der Waals surface area contributed by atoms with Crippen LogP contribution >= 0.6 is 0 Å². The highest BCUT2D eigenvalue weighted by Crippen LogP contribution is 2.24. The van der Waals surface area contributed by atoms with Gasteiger partial charge in [0, 0.05) is 36.9 Å². The zero-order valence-electron chi connectivity index (χ0n) is 12.7. The Hall–Kier alpha value is -2.43. The lowest BCUT2D eigenvalue weighted by atomic mass is 9.99. The summed E-state index contributed by atoms with van der Waals surface area (Å²) in [6.07, 6.45) is 7.00. The summed E-state index contributed by atoms with van der Waals surface area (Å²) >= 11 is 0. The number of aromatic nitrogens is 2. The number of hydrogen-bond acceptors (Lipinski definition) is 4. The van der Waals surface area contributed by atoms with Gasteiger partial charge in [0.2, 0.25) is 0 Å². The molecule has 1 N–H and O–H groups in total. The molecule has 0 saturated carbocycles. The van der Waals surface area contributed by atoms with E-state index in [0.29, 0.717) is 5.69 Å². The molecule has 0 aliphatic carbocycles. The second kappa shape index (κ2) is 6.56. The van der Waals surface area contributed by atoms with Gasteiger partial charge in [0.05, 0.1) is 6.20 Å². The number of amides is 1. The summed E-state index contributed by atoms with van der Waals surface area (Å²) in [5.74, 6) is 0.578. The second-order valence-corrected chi connectivity index (χ2v) is 5.76. The second-order valence-electron chi connectivity index (χ2n) is 5.76. The number of nitrogens with one attached hydrogen (secondary N) is 1. The molecule has 1 aromatic heterocycles. The van der Waals surface area contributed by atoms with Crippen molar-refractivity contribution in [3.8, 4) is 0 Å². The monoisotopic (exact) mass is 296 g/mol. The quantitative estimate of drug-likeness (QED) is 0.946. The Labute approximate surface area is 130 Å². The average Bonchev–Trinajstić information content (AvgIpc) is 2.57. The van der Waals surface area contributed by atoms with E-state index < -0.39 is 0 Å². The van der Waals surface area contributed by atoms with Gasteiger partial charge in [0.25, 0.3) is 5.91 Å². The third-order valence-electron chi connectivity index (χ3n) is 4.07. The highest BCUT2D eigenvalue weighted by Gasteiger charge is 2.16. The largest absolute Gasteiger partial charge is 0.372 e. The number of carbonyl (C=O) groups excluding carboxylic acids is 1. The van der Waals surface area contributed by atoms with Crippen molar-refractivity contribution in [2.24, 2.45) is 5.92 Å². The van der Waals surface area contributed by atoms with E-state index in [1.807, 2.05) is 12.1 Å². The van der Waals surface area contributed by atoms with Crippen LogP contribution in [0.5, 0.6) is 0 Å². The number of nitrogens with zero attached hydrogens (tertiary/aromatic N) is 3. The first-order chi connectivity index (χ1) is 10.7. The molecule has 1 fully saturated rings. The zero-order valence-corrected chi connectivity index (χ0v) is 12.7. The molecule has 0 spiro atoms. The molecule has 1 amide bonds. The number of benzene rings is 1. The molecular formula is C17H20N4O. The minimum absolute atomic E-state index is 0.243. The number of anilines is 2. The first kappa shape index (κ1) is 14.5. The molecule has 2 aromatic rings. The Morgan fingerprint density at radius 3 is 2.55 bits per heavy atom. The van der Waals surface area contributed by atoms with Crippen molar-refractivity contribution < 1.29 is 4.79 Å². The lowest BCUT2D eigenvalue weighted by molar-refractivity contribution is 0.102. The minimum Gasteiger partial charge on any atom is -0.372 e. The molecule has 5 heteroatoms. The van der Waals surface area contributed by atoms with Crippen molar-refractivity contribution in [2.45, 2.75) is 19.8 Å². The summed E-state index contributed by atoms with van der Waals surface area (Å²) in [4.78, 5) is 22.3. The van der Waals surface area contributed by atoms with E-state index in [4.69, 9.17) is 0 Å². The summed E-state index contributed by atoms with van der Waals surface area (Å²) in [5.41, 5.74) is 2.30. The molecular weight excluding hydrogens is 276 g/mol. The molecule has 2 heterocycles. The molecule has 3 rings (SSSR count). The Morgan fingerprint density at radius 1 is 1.18 bits per heavy atom. The smallest absolute Gasteiger partial charge is 0.275 e. The maximum atomic E-state index is 12.0. The minimum atomic E-state index is -0.243. The summed E-state index contributed by atoms with van der Waals surface area (Å²) in [7, 11) is 0. The fourth-order valence-electron chi connectivity index (χ4n) is 2.63. The molecule has 1 aliphatic heterocycles. The Morgan fingerprint density at radius 2 is 1.91 bits per heavy atom. The van der Waals surface area contributed by atoms with Crippen LogP contribution in [-0.4, -0.2) is 29.0 Å². The Bertz CT molecular complexity index is 619. The molecule has 0 atom stereocenters. The fourth-order valence-corrected chi connectivity index (χ4v) is 2.63. The average molecular weight is 296 g/mol. The lowest BCUT2D eigenvalue weighted by Gasteiger charge is -2.32. The number of carbonyl (C=O) groups is 1. The van der Waals surface area contributed by atoms with E-state index in [1.165, 1.54) is 30.9 Å². The number of rotatable bonds is 3. The lowest BCUT2D eigenvalue weighted by Crippen LogP contribution is -2.32. The van der Waals surface area contributed by atoms with Crippen molar-refractivity contribution in [2.75, 3.05) is 23.3 Å². The Balaban J connectivity index is 1.63. The van der Waals surface area contributed by atoms with E-state index in [-0.39, 0.29) is 5.91 Å². The molecule has 5 nitrogen and oxygen atoms in total. The van der Waals surface area contributed by atoms with Gasteiger partial charge in [-0.2, -0.15) is 0 Å². The molecule has 1 saturated heterocycles. The predicted molar refractivity (Wildman–Crippen MR) is 87.0 cm³/mol. The predicted octanol–water partition coefficient (Wildman–Crippen LogP) is 2.97. The number of hydrogen-bond donors (Lipinski definition) is 1. The summed E-state index contributed by atoms with van der Waals surface area (Å²) in [6, 6.07) is 7.98. The van der Waals surface area contributed by atoms with Crippen molar-refractivity contribution >= 4 is 17.3 Å². The van der Waals surface area contributed by atoms with Crippen LogP contribution in [-0.2, 0) is 0 Å². The zero-order chi connectivity index (χ0) is 15.4. The van der Waals surface area contributed by atoms with Gasteiger partial charge in [0.15, 0.2) is 0 Å². The first-order valence-electron chi connectivity index (χ1n) is 7.65. The van der Waals surface area contributed by atoms with Crippen LogP contribution in [0.15, 0.2) is 42.9 Å². The van der Waals surface area contributed by atoms with Gasteiger partial charge in [0.1, 0.15) is 5.69 Å². The van der Waals surface area contributed by atoms with Crippen LogP contribution < -0.4 is 10.2 Å². The van der Waals surface area contributed by atoms with Gasteiger partial charge in [-0.3, -0.25) is 9.78 Å². The van der Waals surface area contributed by atoms with Gasteiger partial charge < -0.3 is 10.2 Å². The molecule has 0 radical (unpaired) electrons. The van der Waals surface area contributed by atoms with E-state index in [1.54, 1.807) is 6.20 Å². The standard InChI is InChI=1S/C17H20N4O/c1-13-6-10-21(11-7-13)15-4-2-14(3-5-15)20-17(22)16-12-18-8-9-19-16/h2-5,8-9,12-13H,6-7,10-11H2,1H3,(H,20,22). The van der Waals surface area contributed by atoms with Gasteiger partial charge in [-0.25, -0.2) is 4.98 Å². The van der Waals surface area contributed by atoms with E-state index in [2.05, 4.69) is 39.2 Å². The van der Waals surface area contributed by atoms with Crippen LogP contribution in [0.4, 0.5) is 11.4 Å². The molecule has 0 unspecified atom stereocenters. The summed E-state index contributed by atoms with van der Waals surface area (Å²) < 4.78 is 0. The topological polar surface area (TPSA) is 58.1 Å². The highest BCUT2D eigenvalue weighted by atomic mass is 16.1.